The third-order valence-electron chi connectivity index (χ3n) is 9.12. The van der Waals surface area contributed by atoms with Gasteiger partial charge in [0.1, 0.15) is 0 Å². The second-order valence-electron chi connectivity index (χ2n) is 12.2. The van der Waals surface area contributed by atoms with E-state index >= 15 is 0 Å². The molecule has 0 N–H and O–H groups in total. The fraction of sp³-hybridized carbons (Fsp3) is 0.182. The Hall–Kier alpha value is -3.32. The van der Waals surface area contributed by atoms with Crippen molar-refractivity contribution in [3.05, 3.63) is 157 Å². The van der Waals surface area contributed by atoms with Gasteiger partial charge in [0.15, 0.2) is 0 Å². The molecule has 0 amide bonds. The molecule has 2 radical (unpaired) electrons. The summed E-state index contributed by atoms with van der Waals surface area (Å²) in [5.74, 6) is 0.563. The second-order valence-corrected chi connectivity index (χ2v) is 12.2. The average Bonchev–Trinajstić information content (AvgIpc) is 3.66. The first-order valence-corrected chi connectivity index (χ1v) is 19.6. The summed E-state index contributed by atoms with van der Waals surface area (Å²) < 4.78 is 0. The van der Waals surface area contributed by atoms with Crippen LogP contribution in [0.15, 0.2) is 109 Å². The molecule has 7 rings (SSSR count). The van der Waals surface area contributed by atoms with E-state index in [1.54, 1.807) is 0 Å². The van der Waals surface area contributed by atoms with Crippen LogP contribution in [0.3, 0.4) is 0 Å². The van der Waals surface area contributed by atoms with Crippen LogP contribution in [0, 0.1) is 49.5 Å². The number of rotatable bonds is 3. The monoisotopic (exact) mass is 692 g/mol. The van der Waals surface area contributed by atoms with E-state index in [-0.39, 0.29) is 14.9 Å². The van der Waals surface area contributed by atoms with E-state index in [0.717, 1.165) is 0 Å². The molecule has 7 aromatic carbocycles. The summed E-state index contributed by atoms with van der Waals surface area (Å²) in [6.45, 7) is 18.6. The van der Waals surface area contributed by atoms with Gasteiger partial charge in [-0.15, -0.1) is 68.6 Å². The molecule has 0 heterocycles. The van der Waals surface area contributed by atoms with Gasteiger partial charge < -0.3 is 14.9 Å². The number of hydrogen-bond acceptors (Lipinski definition) is 0. The first-order chi connectivity index (χ1) is 21.2. The van der Waals surface area contributed by atoms with Crippen LogP contribution in [-0.4, -0.2) is 6.88 Å². The van der Waals surface area contributed by atoms with Crippen molar-refractivity contribution in [3.8, 4) is 22.3 Å². The number of fused-ring (bicyclic) bond motifs is 3. The van der Waals surface area contributed by atoms with Gasteiger partial charge in [0.2, 0.25) is 0 Å². The third-order valence-corrected chi connectivity index (χ3v) is 9.12. The molecule has 0 aromatic heterocycles. The Labute approximate surface area is 294 Å². The van der Waals surface area contributed by atoms with Gasteiger partial charge in [-0.05, 0) is 65.3 Å². The maximum absolute atomic E-state index is 3.06. The van der Waals surface area contributed by atoms with Crippen molar-refractivity contribution >= 4 is 39.2 Å². The molecule has 0 fully saturated rings. The van der Waals surface area contributed by atoms with Crippen molar-refractivity contribution in [1.29, 1.82) is 0 Å². The van der Waals surface area contributed by atoms with Gasteiger partial charge in [-0.2, -0.15) is 12.1 Å². The van der Waals surface area contributed by atoms with Crippen LogP contribution in [0.2, 0.25) is 0 Å². The Morgan fingerprint density at radius 2 is 1.13 bits per heavy atom. The Balaban J connectivity index is 0.000000229. The van der Waals surface area contributed by atoms with Crippen molar-refractivity contribution in [1.82, 2.24) is 0 Å². The normalized spacial score (nSPS) is 10.5. The van der Waals surface area contributed by atoms with Crippen LogP contribution < -0.4 is 0 Å². The van der Waals surface area contributed by atoms with Gasteiger partial charge in [-0.1, -0.05) is 106 Å². The van der Waals surface area contributed by atoms with Gasteiger partial charge in [0.05, 0.1) is 0 Å². The van der Waals surface area contributed by atoms with E-state index in [4.69, 9.17) is 0 Å². The molecule has 0 saturated heterocycles. The Kier molecular flexibility index (Phi) is 12.9. The Morgan fingerprint density at radius 1 is 0.543 bits per heavy atom. The van der Waals surface area contributed by atoms with Crippen LogP contribution in [0.5, 0.6) is 0 Å². The fourth-order valence-electron chi connectivity index (χ4n) is 6.36. The number of aryl methyl sites for hydroxylation is 3. The summed E-state index contributed by atoms with van der Waals surface area (Å²) in [5.41, 5.74) is 13.7. The summed E-state index contributed by atoms with van der Waals surface area (Å²) in [7, 11) is 0. The van der Waals surface area contributed by atoms with Crippen LogP contribution >= 0.6 is 0 Å². The second kappa shape index (κ2) is 16.0. The molecule has 0 spiro atoms. The molecule has 0 aliphatic carbocycles. The van der Waals surface area contributed by atoms with Crippen LogP contribution in [-0.2, 0) is 23.3 Å². The molecule has 0 atom stereocenters. The molecule has 0 nitrogen and oxygen atoms in total. The Morgan fingerprint density at radius 3 is 1.85 bits per heavy atom. The van der Waals surface area contributed by atoms with Crippen molar-refractivity contribution < 1.29 is 23.3 Å². The summed E-state index contributed by atoms with van der Waals surface area (Å²) in [6, 6.07) is 40.1. The first-order valence-electron chi connectivity index (χ1n) is 15.4. The van der Waals surface area contributed by atoms with Gasteiger partial charge in [-0.25, -0.2) is 0 Å². The van der Waals surface area contributed by atoms with Crippen molar-refractivity contribution in [3.63, 3.8) is 0 Å². The predicted octanol–water partition coefficient (Wildman–Crippen LogP) is 12.8. The van der Waals surface area contributed by atoms with Gasteiger partial charge in [0, 0.05) is 0 Å². The standard InChI is InChI=1S/C22H19.C20H21.2CH3.Si.Zr/c1-15(2)18-13-17-9-6-12-21(22(17)14-18)20-11-5-8-16-7-3-4-10-19(16)20;1-12-10-19-14(3)7-9-18(20(19)11-12)17-8-6-13(2)15(4)16(17)5;;;;/h3-15H,1-2H3;6-11H,1-5H3;2*1H3;;/q4*-1;;. The summed E-state index contributed by atoms with van der Waals surface area (Å²) in [5, 5.41) is 8.10. The van der Waals surface area contributed by atoms with E-state index in [1.807, 2.05) is 0 Å². The van der Waals surface area contributed by atoms with E-state index in [9.17, 15) is 0 Å². The maximum atomic E-state index is 3.06. The third kappa shape index (κ3) is 7.30. The molecule has 0 bridgehead atoms. The quantitative estimate of drug-likeness (QED) is 0.128. The average molecular weight is 694 g/mol. The molecule has 2 heteroatoms. The van der Waals surface area contributed by atoms with E-state index < -0.39 is 0 Å². The van der Waals surface area contributed by atoms with Crippen LogP contribution in [0.4, 0.5) is 0 Å². The minimum absolute atomic E-state index is 0. The molecular formula is C44H46SiZr-4. The molecule has 0 saturated carbocycles. The van der Waals surface area contributed by atoms with E-state index in [0.29, 0.717) is 5.92 Å². The SMILES string of the molecule is CC(C)c1cc2c(-c3cccc4ccccc34)cccc2[cH-]1.Cc1cc2c(-c3ccc(C)c(C)c3C)ccc(C)c2[cH-]1.[CH3-].[CH3-].[Si]=[Zr]. The van der Waals surface area contributed by atoms with Crippen molar-refractivity contribution in [2.75, 3.05) is 0 Å². The number of hydrogen-bond donors (Lipinski definition) is 0. The van der Waals surface area contributed by atoms with Gasteiger partial charge in [0.25, 0.3) is 0 Å². The zero-order chi connectivity index (χ0) is 31.5. The topological polar surface area (TPSA) is 0 Å². The molecule has 0 unspecified atom stereocenters. The summed E-state index contributed by atoms with van der Waals surface area (Å²) in [6.07, 6.45) is 0. The molecule has 234 valence electrons. The van der Waals surface area contributed by atoms with Crippen LogP contribution in [0.25, 0.3) is 54.6 Å². The molecular weight excluding hydrogens is 648 g/mol. The van der Waals surface area contributed by atoms with E-state index in [2.05, 4.69) is 165 Å². The molecule has 0 aliphatic rings. The predicted molar refractivity (Wildman–Crippen MR) is 204 cm³/mol. The minimum atomic E-state index is 0. The molecule has 0 aliphatic heterocycles. The Bertz CT molecular complexity index is 2080. The zero-order valence-corrected chi connectivity index (χ0v) is 32.4. The van der Waals surface area contributed by atoms with Crippen molar-refractivity contribution in [2.45, 2.75) is 54.4 Å². The van der Waals surface area contributed by atoms with E-state index in [1.165, 1.54) is 111 Å². The van der Waals surface area contributed by atoms with Gasteiger partial charge in [-0.3, -0.25) is 0 Å². The number of benzene rings is 5. The fourth-order valence-corrected chi connectivity index (χ4v) is 6.36. The summed E-state index contributed by atoms with van der Waals surface area (Å²) >= 11 is 1.36. The molecule has 7 aromatic rings. The molecule has 46 heavy (non-hydrogen) atoms. The van der Waals surface area contributed by atoms with Gasteiger partial charge >= 0.3 is 30.2 Å². The first kappa shape index (κ1) is 37.1. The van der Waals surface area contributed by atoms with Crippen LogP contribution in [0.1, 0.15) is 53.1 Å². The zero-order valence-electron chi connectivity index (χ0n) is 29.0. The van der Waals surface area contributed by atoms with Crippen molar-refractivity contribution in [2.24, 2.45) is 0 Å². The summed E-state index contributed by atoms with van der Waals surface area (Å²) in [4.78, 5) is 0.